The molecule has 2 N–H and O–H groups in total. The number of nitrogens with zero attached hydrogens (tertiary/aromatic N) is 4. The van der Waals surface area contributed by atoms with E-state index in [0.717, 1.165) is 46.0 Å². The fourth-order valence-corrected chi connectivity index (χ4v) is 4.64. The summed E-state index contributed by atoms with van der Waals surface area (Å²) in [5.41, 5.74) is 3.01. The molecule has 9 heteroatoms. The summed E-state index contributed by atoms with van der Waals surface area (Å²) in [5.74, 6) is 1.64. The molecule has 3 heterocycles. The molecule has 5 rings (SSSR count). The Hall–Kier alpha value is -3.46. The van der Waals surface area contributed by atoms with Gasteiger partial charge < -0.3 is 14.6 Å². The summed E-state index contributed by atoms with van der Waals surface area (Å²) < 4.78 is 5.19. The van der Waals surface area contributed by atoms with Crippen LogP contribution in [0.15, 0.2) is 48.5 Å². The highest BCUT2D eigenvalue weighted by atomic mass is 32.1. The number of benzene rings is 2. The molecule has 2 aromatic heterocycles. The Labute approximate surface area is 183 Å². The minimum Gasteiger partial charge on any atom is -0.497 e. The molecule has 1 fully saturated rings. The first-order chi connectivity index (χ1) is 15.2. The maximum absolute atomic E-state index is 12.9. The lowest BCUT2D eigenvalue weighted by Gasteiger charge is -2.22. The van der Waals surface area contributed by atoms with Crippen LogP contribution in [-0.4, -0.2) is 44.8 Å². The molecule has 1 saturated heterocycles. The number of anilines is 1. The van der Waals surface area contributed by atoms with Crippen LogP contribution < -0.4 is 10.1 Å². The number of carbonyl (C=O) groups excluding carboxylic acids is 1. The topological polar surface area (TPSA) is 96.0 Å². The van der Waals surface area contributed by atoms with Crippen LogP contribution in [0.5, 0.6) is 5.75 Å². The molecule has 0 saturated carbocycles. The zero-order chi connectivity index (χ0) is 21.2. The van der Waals surface area contributed by atoms with Gasteiger partial charge in [-0.2, -0.15) is 0 Å². The molecule has 4 aromatic rings. The average Bonchev–Trinajstić information content (AvgIpc) is 3.53. The Kier molecular flexibility index (Phi) is 5.25. The van der Waals surface area contributed by atoms with E-state index in [1.807, 2.05) is 53.4 Å². The third kappa shape index (κ3) is 4.09. The maximum Gasteiger partial charge on any atom is 0.324 e. The van der Waals surface area contributed by atoms with Crippen molar-refractivity contribution in [2.45, 2.75) is 25.3 Å². The van der Waals surface area contributed by atoms with Crippen molar-refractivity contribution < 1.29 is 9.53 Å². The van der Waals surface area contributed by atoms with E-state index in [1.54, 1.807) is 7.11 Å². The summed E-state index contributed by atoms with van der Waals surface area (Å²) in [6, 6.07) is 15.5. The Morgan fingerprint density at radius 2 is 2.06 bits per heavy atom. The number of aromatic nitrogens is 4. The highest BCUT2D eigenvalue weighted by Gasteiger charge is 2.32. The molecule has 0 spiro atoms. The van der Waals surface area contributed by atoms with E-state index in [0.29, 0.717) is 18.1 Å². The van der Waals surface area contributed by atoms with E-state index in [1.165, 1.54) is 11.3 Å². The van der Waals surface area contributed by atoms with Crippen molar-refractivity contribution in [2.24, 2.45) is 0 Å². The number of ether oxygens (including phenoxy) is 1. The predicted octanol–water partition coefficient (Wildman–Crippen LogP) is 4.38. The number of nitrogens with one attached hydrogen (secondary N) is 2. The highest BCUT2D eigenvalue weighted by molar-refractivity contribution is 7.15. The third-order valence-electron chi connectivity index (χ3n) is 5.43. The summed E-state index contributed by atoms with van der Waals surface area (Å²) in [7, 11) is 1.65. The van der Waals surface area contributed by atoms with Crippen LogP contribution in [0.1, 0.15) is 35.3 Å². The van der Waals surface area contributed by atoms with E-state index in [9.17, 15) is 4.79 Å². The summed E-state index contributed by atoms with van der Waals surface area (Å²) in [4.78, 5) is 22.8. The normalized spacial score (nSPS) is 16.0. The number of amides is 2. The first kappa shape index (κ1) is 19.5. The second-order valence-corrected chi connectivity index (χ2v) is 8.51. The van der Waals surface area contributed by atoms with Crippen LogP contribution >= 0.6 is 11.3 Å². The van der Waals surface area contributed by atoms with Crippen molar-refractivity contribution in [1.29, 1.82) is 0 Å². The number of methoxy groups -OCH3 is 1. The Morgan fingerprint density at radius 1 is 1.23 bits per heavy atom. The molecule has 2 amide bonds. The van der Waals surface area contributed by atoms with Gasteiger partial charge in [0.2, 0.25) is 5.13 Å². The second kappa shape index (κ2) is 8.35. The maximum atomic E-state index is 12.9. The Bertz CT molecular complexity index is 1170. The number of rotatable bonds is 5. The molecule has 8 nitrogen and oxygen atoms in total. The fraction of sp³-hybridized carbons (Fsp3) is 0.273. The summed E-state index contributed by atoms with van der Waals surface area (Å²) in [5, 5.41) is 12.6. The molecule has 1 unspecified atom stereocenters. The molecule has 158 valence electrons. The van der Waals surface area contributed by atoms with Gasteiger partial charge in [-0.15, -0.1) is 10.2 Å². The van der Waals surface area contributed by atoms with Gasteiger partial charge in [-0.3, -0.25) is 5.32 Å². The first-order valence-electron chi connectivity index (χ1n) is 10.2. The van der Waals surface area contributed by atoms with E-state index < -0.39 is 0 Å². The number of fused-ring (bicyclic) bond motifs is 1. The number of hydrogen-bond donors (Lipinski definition) is 2. The Morgan fingerprint density at radius 3 is 2.87 bits per heavy atom. The second-order valence-electron chi connectivity index (χ2n) is 7.45. The van der Waals surface area contributed by atoms with E-state index in [-0.39, 0.29) is 12.1 Å². The van der Waals surface area contributed by atoms with Gasteiger partial charge in [0, 0.05) is 13.0 Å². The number of hydrogen-bond acceptors (Lipinski definition) is 6. The lowest BCUT2D eigenvalue weighted by molar-refractivity contribution is 0.205. The lowest BCUT2D eigenvalue weighted by atomic mass is 10.1. The highest BCUT2D eigenvalue weighted by Crippen LogP contribution is 2.32. The van der Waals surface area contributed by atoms with Gasteiger partial charge in [-0.25, -0.2) is 9.78 Å². The molecule has 1 aliphatic rings. The fourth-order valence-electron chi connectivity index (χ4n) is 3.88. The summed E-state index contributed by atoms with van der Waals surface area (Å²) >= 11 is 1.39. The van der Waals surface area contributed by atoms with Crippen molar-refractivity contribution in [1.82, 2.24) is 25.1 Å². The van der Waals surface area contributed by atoms with Crippen LogP contribution in [0.4, 0.5) is 9.93 Å². The molecule has 1 atom stereocenters. The van der Waals surface area contributed by atoms with Gasteiger partial charge in [0.05, 0.1) is 24.2 Å². The first-order valence-corrected chi connectivity index (χ1v) is 11.0. The van der Waals surface area contributed by atoms with Gasteiger partial charge in [-0.05, 0) is 42.7 Å². The molecule has 0 radical (unpaired) electrons. The molecule has 31 heavy (non-hydrogen) atoms. The quantitative estimate of drug-likeness (QED) is 0.486. The Balaban J connectivity index is 1.26. The van der Waals surface area contributed by atoms with Crippen molar-refractivity contribution in [3.05, 3.63) is 64.9 Å². The zero-order valence-electron chi connectivity index (χ0n) is 17.0. The van der Waals surface area contributed by atoms with Gasteiger partial charge in [0.1, 0.15) is 16.6 Å². The predicted molar refractivity (Wildman–Crippen MR) is 120 cm³/mol. The smallest absolute Gasteiger partial charge is 0.324 e. The molecular formula is C22H22N6O2S. The van der Waals surface area contributed by atoms with Crippen molar-refractivity contribution >= 4 is 33.5 Å². The molecule has 1 aliphatic heterocycles. The number of urea groups is 1. The van der Waals surface area contributed by atoms with E-state index in [4.69, 9.17) is 4.74 Å². The van der Waals surface area contributed by atoms with Crippen molar-refractivity contribution in [3.8, 4) is 5.75 Å². The van der Waals surface area contributed by atoms with Crippen LogP contribution in [0.25, 0.3) is 11.0 Å². The SMILES string of the molecule is COc1ccc(Cc2nnc(NC(=O)N3CCCC3c3nc4ccccc4[nH]3)s2)cc1. The number of likely N-dealkylation sites (tertiary alicyclic amines) is 1. The minimum absolute atomic E-state index is 0.0703. The van der Waals surface area contributed by atoms with Gasteiger partial charge in [0.15, 0.2) is 0 Å². The van der Waals surface area contributed by atoms with Crippen LogP contribution in [0.2, 0.25) is 0 Å². The van der Waals surface area contributed by atoms with Crippen molar-refractivity contribution in [2.75, 3.05) is 19.0 Å². The van der Waals surface area contributed by atoms with Gasteiger partial charge in [0.25, 0.3) is 0 Å². The zero-order valence-corrected chi connectivity index (χ0v) is 17.9. The third-order valence-corrected chi connectivity index (χ3v) is 6.27. The molecule has 0 aliphatic carbocycles. The lowest BCUT2D eigenvalue weighted by Crippen LogP contribution is -2.34. The number of carbonyl (C=O) groups is 1. The summed E-state index contributed by atoms with van der Waals surface area (Å²) in [6.45, 7) is 0.686. The molecular weight excluding hydrogens is 412 g/mol. The number of imidazole rings is 1. The van der Waals surface area contributed by atoms with Crippen molar-refractivity contribution in [3.63, 3.8) is 0 Å². The monoisotopic (exact) mass is 434 g/mol. The number of aromatic amines is 1. The van der Waals surface area contributed by atoms with Gasteiger partial charge >= 0.3 is 6.03 Å². The summed E-state index contributed by atoms with van der Waals surface area (Å²) in [6.07, 6.45) is 2.48. The molecule has 2 aromatic carbocycles. The van der Waals surface area contributed by atoms with Crippen LogP contribution in [-0.2, 0) is 6.42 Å². The van der Waals surface area contributed by atoms with Crippen LogP contribution in [0.3, 0.4) is 0 Å². The van der Waals surface area contributed by atoms with E-state index in [2.05, 4.69) is 25.5 Å². The number of para-hydroxylation sites is 2. The average molecular weight is 435 g/mol. The molecule has 0 bridgehead atoms. The minimum atomic E-state index is -0.171. The van der Waals surface area contributed by atoms with Gasteiger partial charge in [-0.1, -0.05) is 35.6 Å². The van der Waals surface area contributed by atoms with E-state index >= 15 is 0 Å². The largest absolute Gasteiger partial charge is 0.497 e. The standard InChI is InChI=1S/C22H22N6O2S/c1-30-15-10-8-14(9-11-15)13-19-26-27-21(31-19)25-22(29)28-12-4-7-18(28)20-23-16-5-2-3-6-17(16)24-20/h2-3,5-6,8-11,18H,4,7,12-13H2,1H3,(H,23,24)(H,25,27,29). The van der Waals surface area contributed by atoms with Crippen LogP contribution in [0, 0.1) is 0 Å². The number of H-pyrrole nitrogens is 1.